The number of anilines is 2. The molecule has 1 heterocycles. The predicted molar refractivity (Wildman–Crippen MR) is 102 cm³/mol. The van der Waals surface area contributed by atoms with E-state index < -0.39 is 10.0 Å². The van der Waals surface area contributed by atoms with Crippen LogP contribution in [0.15, 0.2) is 52.3 Å². The molecule has 0 saturated heterocycles. The van der Waals surface area contributed by atoms with Gasteiger partial charge in [-0.15, -0.1) is 11.8 Å². The van der Waals surface area contributed by atoms with Gasteiger partial charge in [0, 0.05) is 29.3 Å². The molecule has 0 bridgehead atoms. The van der Waals surface area contributed by atoms with E-state index in [9.17, 15) is 13.2 Å². The molecule has 0 saturated carbocycles. The second kappa shape index (κ2) is 6.72. The van der Waals surface area contributed by atoms with Crippen LogP contribution < -0.4 is 9.62 Å². The minimum Gasteiger partial charge on any atom is -0.310 e. The maximum absolute atomic E-state index is 12.7. The minimum atomic E-state index is -3.72. The molecule has 2 aromatic rings. The number of rotatable bonds is 3. The number of hydrogen-bond acceptors (Lipinski definition) is 4. The van der Waals surface area contributed by atoms with Crippen LogP contribution >= 0.6 is 11.8 Å². The van der Waals surface area contributed by atoms with Crippen molar-refractivity contribution >= 4 is 39.1 Å². The summed E-state index contributed by atoms with van der Waals surface area (Å²) in [6, 6.07) is 12.1. The Balaban J connectivity index is 1.98. The van der Waals surface area contributed by atoms with Crippen LogP contribution in [0.1, 0.15) is 19.4 Å². The first-order valence-corrected chi connectivity index (χ1v) is 10.3. The molecule has 3 rings (SSSR count). The molecule has 7 heteroatoms. The van der Waals surface area contributed by atoms with Gasteiger partial charge in [0.25, 0.3) is 10.0 Å². The number of benzene rings is 2. The number of hydrogen-bond donors (Lipinski definition) is 1. The number of amides is 1. The molecule has 132 valence electrons. The standard InChI is InChI=1S/C18H20N2O3S2/c1-12-5-4-6-15(9-12)19-25(22,23)16-7-8-18-17(10-16)20(14(3)21)11-13(2)24-18/h4-10,13,19H,11H2,1-3H3/t13-/m1/s1. The highest BCUT2D eigenvalue weighted by Crippen LogP contribution is 2.39. The lowest BCUT2D eigenvalue weighted by atomic mass is 10.2. The smallest absolute Gasteiger partial charge is 0.261 e. The number of aryl methyl sites for hydroxylation is 1. The van der Waals surface area contributed by atoms with E-state index in [-0.39, 0.29) is 16.1 Å². The van der Waals surface area contributed by atoms with Crippen LogP contribution in [0, 0.1) is 6.92 Å². The first-order valence-electron chi connectivity index (χ1n) is 7.94. The second-order valence-corrected chi connectivity index (χ2v) is 9.33. The lowest BCUT2D eigenvalue weighted by molar-refractivity contribution is -0.116. The summed E-state index contributed by atoms with van der Waals surface area (Å²) in [6.07, 6.45) is 0. The Bertz CT molecular complexity index is 926. The Kier molecular flexibility index (Phi) is 4.79. The molecule has 5 nitrogen and oxygen atoms in total. The minimum absolute atomic E-state index is 0.0883. The number of carbonyl (C=O) groups excluding carboxylic acids is 1. The van der Waals surface area contributed by atoms with E-state index >= 15 is 0 Å². The van der Waals surface area contributed by atoms with Crippen LogP contribution in [-0.4, -0.2) is 26.1 Å². The normalized spacial score (nSPS) is 17.1. The average Bonchev–Trinajstić information content (AvgIpc) is 2.53. The Morgan fingerprint density at radius 1 is 1.24 bits per heavy atom. The molecular formula is C18H20N2O3S2. The first kappa shape index (κ1) is 17.8. The molecule has 0 aliphatic carbocycles. The fourth-order valence-corrected chi connectivity index (χ4v) is 4.97. The molecule has 0 spiro atoms. The van der Waals surface area contributed by atoms with Crippen LogP contribution in [0.25, 0.3) is 0 Å². The van der Waals surface area contributed by atoms with E-state index in [2.05, 4.69) is 4.72 Å². The molecule has 1 atom stereocenters. The van der Waals surface area contributed by atoms with Crippen molar-refractivity contribution in [1.82, 2.24) is 0 Å². The number of nitrogens with one attached hydrogen (secondary N) is 1. The van der Waals surface area contributed by atoms with Crippen LogP contribution in [0.4, 0.5) is 11.4 Å². The maximum atomic E-state index is 12.7. The number of sulfonamides is 1. The fourth-order valence-electron chi connectivity index (χ4n) is 2.81. The number of thioether (sulfide) groups is 1. The fraction of sp³-hybridized carbons (Fsp3) is 0.278. The molecule has 25 heavy (non-hydrogen) atoms. The van der Waals surface area contributed by atoms with Crippen LogP contribution in [-0.2, 0) is 14.8 Å². The molecule has 0 fully saturated rings. The second-order valence-electron chi connectivity index (χ2n) is 6.16. The van der Waals surface area contributed by atoms with Crippen molar-refractivity contribution in [2.24, 2.45) is 0 Å². The van der Waals surface area contributed by atoms with E-state index in [4.69, 9.17) is 0 Å². The molecule has 0 radical (unpaired) electrons. The highest BCUT2D eigenvalue weighted by molar-refractivity contribution is 8.00. The van der Waals surface area contributed by atoms with Crippen LogP contribution in [0.5, 0.6) is 0 Å². The third kappa shape index (κ3) is 3.82. The van der Waals surface area contributed by atoms with Gasteiger partial charge in [-0.2, -0.15) is 0 Å². The summed E-state index contributed by atoms with van der Waals surface area (Å²) in [5.41, 5.74) is 2.14. The third-order valence-electron chi connectivity index (χ3n) is 3.95. The number of carbonyl (C=O) groups is 1. The van der Waals surface area contributed by atoms with Crippen molar-refractivity contribution in [1.29, 1.82) is 0 Å². The molecule has 2 aromatic carbocycles. The summed E-state index contributed by atoms with van der Waals surface area (Å²) in [5.74, 6) is -0.0883. The number of nitrogens with zero attached hydrogens (tertiary/aromatic N) is 1. The van der Waals surface area contributed by atoms with Crippen molar-refractivity contribution < 1.29 is 13.2 Å². The van der Waals surface area contributed by atoms with Gasteiger partial charge in [0.05, 0.1) is 10.6 Å². The monoisotopic (exact) mass is 376 g/mol. The first-order chi connectivity index (χ1) is 11.8. The zero-order chi connectivity index (χ0) is 18.2. The number of fused-ring (bicyclic) bond motifs is 1. The molecule has 0 aromatic heterocycles. The van der Waals surface area contributed by atoms with E-state index in [1.54, 1.807) is 53.1 Å². The topological polar surface area (TPSA) is 66.5 Å². The summed E-state index contributed by atoms with van der Waals surface area (Å²) < 4.78 is 28.0. The zero-order valence-corrected chi connectivity index (χ0v) is 15.9. The van der Waals surface area contributed by atoms with Crippen molar-refractivity contribution in [3.8, 4) is 0 Å². The van der Waals surface area contributed by atoms with E-state index in [0.717, 1.165) is 10.5 Å². The Morgan fingerprint density at radius 3 is 2.68 bits per heavy atom. The van der Waals surface area contributed by atoms with E-state index in [1.807, 2.05) is 19.9 Å². The molecule has 1 aliphatic heterocycles. The van der Waals surface area contributed by atoms with Crippen LogP contribution in [0.3, 0.4) is 0 Å². The van der Waals surface area contributed by atoms with Gasteiger partial charge in [0.15, 0.2) is 0 Å². The zero-order valence-electron chi connectivity index (χ0n) is 14.3. The van der Waals surface area contributed by atoms with Crippen molar-refractivity contribution in [3.63, 3.8) is 0 Å². The van der Waals surface area contributed by atoms with Crippen molar-refractivity contribution in [2.75, 3.05) is 16.2 Å². The summed E-state index contributed by atoms with van der Waals surface area (Å²) in [5, 5.41) is 0.268. The van der Waals surface area contributed by atoms with Gasteiger partial charge >= 0.3 is 0 Å². The maximum Gasteiger partial charge on any atom is 0.261 e. The van der Waals surface area contributed by atoms with E-state index in [1.165, 1.54) is 6.92 Å². The Labute approximate surface area is 152 Å². The summed E-state index contributed by atoms with van der Waals surface area (Å²) in [4.78, 5) is 14.7. The lowest BCUT2D eigenvalue weighted by Crippen LogP contribution is -2.37. The van der Waals surface area contributed by atoms with Gasteiger partial charge < -0.3 is 4.90 Å². The quantitative estimate of drug-likeness (QED) is 0.888. The largest absolute Gasteiger partial charge is 0.310 e. The predicted octanol–water partition coefficient (Wildman–Crippen LogP) is 3.64. The Morgan fingerprint density at radius 2 is 2.00 bits per heavy atom. The Hall–Kier alpha value is -1.99. The summed E-state index contributed by atoms with van der Waals surface area (Å²) in [6.45, 7) is 6.02. The van der Waals surface area contributed by atoms with Gasteiger partial charge in [0.1, 0.15) is 0 Å². The van der Waals surface area contributed by atoms with Crippen molar-refractivity contribution in [2.45, 2.75) is 35.8 Å². The van der Waals surface area contributed by atoms with Crippen molar-refractivity contribution in [3.05, 3.63) is 48.0 Å². The summed E-state index contributed by atoms with van der Waals surface area (Å²) in [7, 11) is -3.72. The van der Waals surface area contributed by atoms with E-state index in [0.29, 0.717) is 17.9 Å². The molecule has 1 N–H and O–H groups in total. The highest BCUT2D eigenvalue weighted by Gasteiger charge is 2.27. The summed E-state index contributed by atoms with van der Waals surface area (Å²) >= 11 is 1.65. The van der Waals surface area contributed by atoms with Gasteiger partial charge in [0.2, 0.25) is 5.91 Å². The van der Waals surface area contributed by atoms with Crippen LogP contribution in [0.2, 0.25) is 0 Å². The lowest BCUT2D eigenvalue weighted by Gasteiger charge is -2.32. The van der Waals surface area contributed by atoms with Gasteiger partial charge in [-0.05, 0) is 42.8 Å². The molecular weight excluding hydrogens is 356 g/mol. The molecule has 0 unspecified atom stereocenters. The van der Waals surface area contributed by atoms with Gasteiger partial charge in [-0.25, -0.2) is 8.42 Å². The average molecular weight is 377 g/mol. The highest BCUT2D eigenvalue weighted by atomic mass is 32.2. The van der Waals surface area contributed by atoms with Gasteiger partial charge in [-0.1, -0.05) is 19.1 Å². The third-order valence-corrected chi connectivity index (χ3v) is 6.48. The SMILES string of the molecule is CC(=O)N1C[C@@H](C)Sc2ccc(S(=O)(=O)Nc3cccc(C)c3)cc21. The van der Waals surface area contributed by atoms with Gasteiger partial charge in [-0.3, -0.25) is 9.52 Å². The molecule has 1 amide bonds. The molecule has 1 aliphatic rings.